The Labute approximate surface area is 180 Å². The van der Waals surface area contributed by atoms with Crippen LogP contribution in [0.5, 0.6) is 0 Å². The average Bonchev–Trinajstić information content (AvgIpc) is 3.06. The number of benzene rings is 2. The molecule has 0 aliphatic heterocycles. The van der Waals surface area contributed by atoms with E-state index in [4.69, 9.17) is 4.74 Å². The van der Waals surface area contributed by atoms with Crippen molar-refractivity contribution in [2.24, 2.45) is 7.05 Å². The largest absolute Gasteiger partial charge is 0.456 e. The molecule has 10 heteroatoms. The van der Waals surface area contributed by atoms with Gasteiger partial charge in [0, 0.05) is 33.3 Å². The second kappa shape index (κ2) is 9.27. The number of nitrogens with zero attached hydrogens (tertiary/aromatic N) is 3. The van der Waals surface area contributed by atoms with Crippen LogP contribution in [0.3, 0.4) is 0 Å². The summed E-state index contributed by atoms with van der Waals surface area (Å²) in [6, 6.07) is 13.6. The van der Waals surface area contributed by atoms with Crippen LogP contribution < -0.4 is 5.32 Å². The van der Waals surface area contributed by atoms with Crippen LogP contribution in [0.15, 0.2) is 53.4 Å². The highest BCUT2D eigenvalue weighted by molar-refractivity contribution is 7.89. The van der Waals surface area contributed by atoms with E-state index in [-0.39, 0.29) is 17.9 Å². The number of nitrogens with one attached hydrogen (secondary N) is 1. The number of para-hydroxylation sites is 1. The number of rotatable bonds is 8. The Bertz CT molecular complexity index is 1200. The summed E-state index contributed by atoms with van der Waals surface area (Å²) in [5.74, 6) is -0.330. The summed E-state index contributed by atoms with van der Waals surface area (Å²) in [4.78, 5) is 28.5. The molecule has 1 N–H and O–H groups in total. The van der Waals surface area contributed by atoms with Gasteiger partial charge in [-0.25, -0.2) is 17.7 Å². The number of fused-ring (bicyclic) bond motifs is 1. The minimum atomic E-state index is -3.56. The maximum Gasteiger partial charge on any atom is 0.306 e. The van der Waals surface area contributed by atoms with Crippen molar-refractivity contribution in [1.82, 2.24) is 13.9 Å². The van der Waals surface area contributed by atoms with Crippen molar-refractivity contribution < 1.29 is 22.7 Å². The van der Waals surface area contributed by atoms with Crippen molar-refractivity contribution >= 4 is 38.6 Å². The Morgan fingerprint density at radius 3 is 2.52 bits per heavy atom. The number of carbonyl (C=O) groups excluding carboxylic acids is 2. The molecule has 1 amide bonds. The number of ether oxygens (including phenoxy) is 1. The number of aromatic nitrogens is 2. The molecule has 0 saturated carbocycles. The van der Waals surface area contributed by atoms with Gasteiger partial charge in [-0.05, 0) is 30.3 Å². The van der Waals surface area contributed by atoms with E-state index in [1.54, 1.807) is 41.9 Å². The van der Waals surface area contributed by atoms with E-state index in [0.717, 1.165) is 9.82 Å². The van der Waals surface area contributed by atoms with Crippen molar-refractivity contribution in [3.8, 4) is 0 Å². The van der Waals surface area contributed by atoms with Gasteiger partial charge in [0.1, 0.15) is 5.82 Å². The molecule has 3 aromatic rings. The van der Waals surface area contributed by atoms with Crippen LogP contribution >= 0.6 is 0 Å². The maximum atomic E-state index is 12.3. The van der Waals surface area contributed by atoms with E-state index in [2.05, 4.69) is 10.3 Å². The molecule has 31 heavy (non-hydrogen) atoms. The molecule has 3 rings (SSSR count). The molecule has 0 bridgehead atoms. The van der Waals surface area contributed by atoms with Crippen LogP contribution in [0.1, 0.15) is 12.2 Å². The van der Waals surface area contributed by atoms with Crippen molar-refractivity contribution in [3.05, 3.63) is 54.4 Å². The lowest BCUT2D eigenvalue weighted by Gasteiger charge is -2.10. The fourth-order valence-corrected chi connectivity index (χ4v) is 3.90. The molecule has 0 radical (unpaired) electrons. The fraction of sp³-hybridized carbons (Fsp3) is 0.286. The summed E-state index contributed by atoms with van der Waals surface area (Å²) >= 11 is 0. The standard InChI is InChI=1S/C21H24N4O5S/c1-24(2)31(28,29)16-9-10-18-17(13-16)23-19(25(18)3)11-12-21(27)30-14-20(26)22-15-7-5-4-6-8-15/h4-10,13H,11-12,14H2,1-3H3,(H,22,26). The topological polar surface area (TPSA) is 111 Å². The highest BCUT2D eigenvalue weighted by atomic mass is 32.2. The quantitative estimate of drug-likeness (QED) is 0.532. The molecule has 2 aromatic carbocycles. The zero-order valence-corrected chi connectivity index (χ0v) is 18.3. The third-order valence-electron chi connectivity index (χ3n) is 4.70. The first-order valence-electron chi connectivity index (χ1n) is 9.57. The van der Waals surface area contributed by atoms with Crippen LogP contribution in [0.2, 0.25) is 0 Å². The first kappa shape index (κ1) is 22.4. The monoisotopic (exact) mass is 444 g/mol. The summed E-state index contributed by atoms with van der Waals surface area (Å²) in [6.07, 6.45) is 0.332. The summed E-state index contributed by atoms with van der Waals surface area (Å²) < 4.78 is 32.6. The number of aryl methyl sites for hydroxylation is 2. The van der Waals surface area contributed by atoms with Crippen molar-refractivity contribution in [1.29, 1.82) is 0 Å². The summed E-state index contributed by atoms with van der Waals surface area (Å²) in [7, 11) is 1.17. The van der Waals surface area contributed by atoms with E-state index in [0.29, 0.717) is 23.4 Å². The molecule has 9 nitrogen and oxygen atoms in total. The van der Waals surface area contributed by atoms with Crippen molar-refractivity contribution in [2.75, 3.05) is 26.0 Å². The number of carbonyl (C=O) groups is 2. The minimum Gasteiger partial charge on any atom is -0.456 e. The van der Waals surface area contributed by atoms with Gasteiger partial charge in [-0.3, -0.25) is 9.59 Å². The molecule has 164 valence electrons. The van der Waals surface area contributed by atoms with Crippen LogP contribution in [0.4, 0.5) is 5.69 Å². The van der Waals surface area contributed by atoms with E-state index < -0.39 is 21.9 Å². The van der Waals surface area contributed by atoms with E-state index >= 15 is 0 Å². The molecule has 0 saturated heterocycles. The number of imidazole rings is 1. The lowest BCUT2D eigenvalue weighted by Crippen LogP contribution is -2.22. The van der Waals surface area contributed by atoms with Gasteiger partial charge in [0.2, 0.25) is 10.0 Å². The minimum absolute atomic E-state index is 0.0403. The van der Waals surface area contributed by atoms with Gasteiger partial charge >= 0.3 is 5.97 Å². The molecule has 0 spiro atoms. The average molecular weight is 445 g/mol. The smallest absolute Gasteiger partial charge is 0.306 e. The number of esters is 1. The predicted molar refractivity (Wildman–Crippen MR) is 116 cm³/mol. The SMILES string of the molecule is CN(C)S(=O)(=O)c1ccc2c(c1)nc(CCC(=O)OCC(=O)Nc1ccccc1)n2C. The summed E-state index contributed by atoms with van der Waals surface area (Å²) in [5.41, 5.74) is 1.90. The number of anilines is 1. The van der Waals surface area contributed by atoms with Gasteiger partial charge in [-0.1, -0.05) is 18.2 Å². The van der Waals surface area contributed by atoms with Crippen molar-refractivity contribution in [2.45, 2.75) is 17.7 Å². The first-order valence-corrected chi connectivity index (χ1v) is 11.0. The van der Waals surface area contributed by atoms with Gasteiger partial charge in [0.25, 0.3) is 5.91 Å². The Hall–Kier alpha value is -3.24. The Balaban J connectivity index is 1.59. The third-order valence-corrected chi connectivity index (χ3v) is 6.51. The zero-order valence-electron chi connectivity index (χ0n) is 17.5. The number of hydrogen-bond donors (Lipinski definition) is 1. The lowest BCUT2D eigenvalue weighted by atomic mass is 10.3. The molecule has 0 aliphatic rings. The number of sulfonamides is 1. The first-order chi connectivity index (χ1) is 14.7. The second-order valence-electron chi connectivity index (χ2n) is 7.10. The zero-order chi connectivity index (χ0) is 22.6. The lowest BCUT2D eigenvalue weighted by molar-refractivity contribution is -0.147. The number of hydrogen-bond acceptors (Lipinski definition) is 6. The molecule has 1 aromatic heterocycles. The molecular weight excluding hydrogens is 420 g/mol. The van der Waals surface area contributed by atoms with E-state index in [1.165, 1.54) is 26.2 Å². The second-order valence-corrected chi connectivity index (χ2v) is 9.25. The summed E-state index contributed by atoms with van der Waals surface area (Å²) in [6.45, 7) is -0.373. The Kier molecular flexibility index (Phi) is 6.71. The summed E-state index contributed by atoms with van der Waals surface area (Å²) in [5, 5.41) is 2.64. The molecule has 1 heterocycles. The molecular formula is C21H24N4O5S. The van der Waals surface area contributed by atoms with Gasteiger partial charge < -0.3 is 14.6 Å². The third kappa shape index (κ3) is 5.28. The molecule has 0 atom stereocenters. The van der Waals surface area contributed by atoms with E-state index in [1.807, 2.05) is 6.07 Å². The predicted octanol–water partition coefficient (Wildman–Crippen LogP) is 1.94. The van der Waals surface area contributed by atoms with Crippen molar-refractivity contribution in [3.63, 3.8) is 0 Å². The fourth-order valence-electron chi connectivity index (χ4n) is 2.98. The number of amides is 1. The van der Waals surface area contributed by atoms with Gasteiger partial charge in [0.15, 0.2) is 6.61 Å². The molecule has 0 aliphatic carbocycles. The Morgan fingerprint density at radius 1 is 1.13 bits per heavy atom. The maximum absolute atomic E-state index is 12.3. The molecule has 0 unspecified atom stereocenters. The van der Waals surface area contributed by atoms with Crippen LogP contribution in [0.25, 0.3) is 11.0 Å². The van der Waals surface area contributed by atoms with Crippen LogP contribution in [-0.2, 0) is 37.8 Å². The van der Waals surface area contributed by atoms with Gasteiger partial charge in [-0.15, -0.1) is 0 Å². The Morgan fingerprint density at radius 2 is 1.84 bits per heavy atom. The van der Waals surface area contributed by atoms with Gasteiger partial charge in [-0.2, -0.15) is 0 Å². The molecule has 0 fully saturated rings. The van der Waals surface area contributed by atoms with Gasteiger partial charge in [0.05, 0.1) is 22.3 Å². The van der Waals surface area contributed by atoms with Crippen LogP contribution in [0, 0.1) is 0 Å². The van der Waals surface area contributed by atoms with E-state index in [9.17, 15) is 18.0 Å². The normalized spacial score (nSPS) is 11.6. The highest BCUT2D eigenvalue weighted by Gasteiger charge is 2.19. The van der Waals surface area contributed by atoms with Crippen LogP contribution in [-0.4, -0.2) is 54.9 Å². The highest BCUT2D eigenvalue weighted by Crippen LogP contribution is 2.22.